The SMILES string of the molecule is [Al+3].[Au+3].[OH-].[OH-].[OH-].[OH-].[OH-].[OH-]. The van der Waals surface area contributed by atoms with Crippen molar-refractivity contribution in [2.75, 3.05) is 0 Å². The Balaban J connectivity index is 0. The quantitative estimate of drug-likeness (QED) is 0.491. The van der Waals surface area contributed by atoms with Gasteiger partial charge in [-0.15, -0.1) is 0 Å². The number of hydrogen-bond acceptors (Lipinski definition) is 6. The molecule has 0 spiro atoms. The van der Waals surface area contributed by atoms with Gasteiger partial charge in [-0.25, -0.2) is 0 Å². The van der Waals surface area contributed by atoms with Crippen LogP contribution in [0.4, 0.5) is 0 Å². The van der Waals surface area contributed by atoms with Crippen molar-refractivity contribution in [1.82, 2.24) is 0 Å². The molecule has 8 heteroatoms. The van der Waals surface area contributed by atoms with Crippen molar-refractivity contribution in [2.45, 2.75) is 0 Å². The summed E-state index contributed by atoms with van der Waals surface area (Å²) in [6, 6.07) is 0. The summed E-state index contributed by atoms with van der Waals surface area (Å²) in [6.07, 6.45) is 0. The molecule has 0 aromatic heterocycles. The van der Waals surface area contributed by atoms with Gasteiger partial charge in [0, 0.05) is 0 Å². The maximum atomic E-state index is 0. The van der Waals surface area contributed by atoms with Crippen LogP contribution in [0.25, 0.3) is 0 Å². The Hall–Kier alpha value is 1.03. The average molecular weight is 326 g/mol. The van der Waals surface area contributed by atoms with Crippen LogP contribution >= 0.6 is 0 Å². The smallest absolute Gasteiger partial charge is 0.870 e. The monoisotopic (exact) mass is 326 g/mol. The van der Waals surface area contributed by atoms with E-state index >= 15 is 0 Å². The zero-order valence-electron chi connectivity index (χ0n) is 3.56. The summed E-state index contributed by atoms with van der Waals surface area (Å²) in [6.45, 7) is 0. The van der Waals surface area contributed by atoms with E-state index in [0.29, 0.717) is 0 Å². The van der Waals surface area contributed by atoms with Crippen LogP contribution in [0.15, 0.2) is 0 Å². The average Bonchev–Trinajstić information content (AvgIpc) is 0. The van der Waals surface area contributed by atoms with Crippen LogP contribution in [-0.4, -0.2) is 50.2 Å². The predicted octanol–water partition coefficient (Wildman–Crippen LogP) is -1.44. The molecule has 8 heavy (non-hydrogen) atoms. The molecule has 0 aromatic carbocycles. The molecule has 0 heterocycles. The molecule has 0 amide bonds. The molecular formula is H6AlAuO6. The zero-order chi connectivity index (χ0) is 0. The van der Waals surface area contributed by atoms with Crippen LogP contribution in [0.5, 0.6) is 0 Å². The third-order valence-electron chi connectivity index (χ3n) is 0. The van der Waals surface area contributed by atoms with Crippen LogP contribution in [-0.2, 0) is 22.4 Å². The normalized spacial score (nSPS) is 0. The van der Waals surface area contributed by atoms with Gasteiger partial charge >= 0.3 is 39.7 Å². The van der Waals surface area contributed by atoms with E-state index in [2.05, 4.69) is 0 Å². The molecule has 6 N–H and O–H groups in total. The van der Waals surface area contributed by atoms with E-state index in [1.165, 1.54) is 0 Å². The van der Waals surface area contributed by atoms with E-state index < -0.39 is 0 Å². The number of rotatable bonds is 0. The maximum Gasteiger partial charge on any atom is 3.00 e. The second-order valence-corrected chi connectivity index (χ2v) is 0. The summed E-state index contributed by atoms with van der Waals surface area (Å²) in [5.41, 5.74) is 0. The fourth-order valence-electron chi connectivity index (χ4n) is 0. The van der Waals surface area contributed by atoms with Gasteiger partial charge in [0.1, 0.15) is 0 Å². The largest absolute Gasteiger partial charge is 3.00 e. The van der Waals surface area contributed by atoms with Gasteiger partial charge < -0.3 is 32.9 Å². The minimum atomic E-state index is 0. The second kappa shape index (κ2) is 373. The van der Waals surface area contributed by atoms with Crippen molar-refractivity contribution in [1.29, 1.82) is 0 Å². The van der Waals surface area contributed by atoms with Crippen molar-refractivity contribution < 1.29 is 55.2 Å². The topological polar surface area (TPSA) is 180 Å². The molecule has 0 aliphatic carbocycles. The molecule has 0 bridgehead atoms. The maximum absolute atomic E-state index is 0. The van der Waals surface area contributed by atoms with Crippen LogP contribution in [0.1, 0.15) is 0 Å². The zero-order valence-corrected chi connectivity index (χ0v) is 6.88. The van der Waals surface area contributed by atoms with Gasteiger partial charge in [-0.3, -0.25) is 0 Å². The number of hydrogen-bond donors (Lipinski definition) is 0. The summed E-state index contributed by atoms with van der Waals surface area (Å²) < 4.78 is 0. The van der Waals surface area contributed by atoms with E-state index in [4.69, 9.17) is 0 Å². The van der Waals surface area contributed by atoms with Gasteiger partial charge in [0.25, 0.3) is 0 Å². The Labute approximate surface area is 72.8 Å². The van der Waals surface area contributed by atoms with Crippen molar-refractivity contribution >= 4 is 17.4 Å². The molecule has 0 saturated heterocycles. The van der Waals surface area contributed by atoms with E-state index in [1.54, 1.807) is 0 Å². The second-order valence-electron chi connectivity index (χ2n) is 0. The van der Waals surface area contributed by atoms with Gasteiger partial charge in [0.15, 0.2) is 0 Å². The third kappa shape index (κ3) is 240. The minimum absolute atomic E-state index is 0. The first-order valence-corrected chi connectivity index (χ1v) is 0. The minimum Gasteiger partial charge on any atom is -0.870 e. The molecule has 6 nitrogen and oxygen atoms in total. The molecule has 0 rings (SSSR count). The third-order valence-corrected chi connectivity index (χ3v) is 0. The first kappa shape index (κ1) is 546. The fourth-order valence-corrected chi connectivity index (χ4v) is 0. The molecule has 0 aromatic rings. The molecule has 0 aliphatic heterocycles. The molecular weight excluding hydrogens is 320 g/mol. The Kier molecular flexibility index (Phi) is 25400. The molecule has 0 atom stereocenters. The Morgan fingerprint density at radius 2 is 0.375 bits per heavy atom. The van der Waals surface area contributed by atoms with Gasteiger partial charge in [-0.05, 0) is 0 Å². The first-order chi connectivity index (χ1) is 0. The van der Waals surface area contributed by atoms with E-state index in [0.717, 1.165) is 0 Å². The summed E-state index contributed by atoms with van der Waals surface area (Å²) >= 11 is 0. The summed E-state index contributed by atoms with van der Waals surface area (Å²) in [5.74, 6) is 0. The van der Waals surface area contributed by atoms with Crippen molar-refractivity contribution in [3.63, 3.8) is 0 Å². The van der Waals surface area contributed by atoms with Crippen LogP contribution in [0, 0.1) is 0 Å². The predicted molar refractivity (Wildman–Crippen MR) is 17.4 cm³/mol. The van der Waals surface area contributed by atoms with Gasteiger partial charge in [0.2, 0.25) is 0 Å². The van der Waals surface area contributed by atoms with Crippen LogP contribution in [0.3, 0.4) is 0 Å². The molecule has 56 valence electrons. The standard InChI is InChI=1S/Al.Au.6H2O/h;;6*1H2/q2*+3;;;;;;/p-6. The summed E-state index contributed by atoms with van der Waals surface area (Å²) in [5, 5.41) is 0. The van der Waals surface area contributed by atoms with Gasteiger partial charge in [-0.1, -0.05) is 0 Å². The molecule has 0 radical (unpaired) electrons. The van der Waals surface area contributed by atoms with Crippen molar-refractivity contribution in [3.05, 3.63) is 0 Å². The molecule has 0 aliphatic rings. The van der Waals surface area contributed by atoms with E-state index in [-0.39, 0.29) is 72.6 Å². The fraction of sp³-hybridized carbons (Fsp3) is 0. The Morgan fingerprint density at radius 3 is 0.375 bits per heavy atom. The molecule has 0 saturated carbocycles. The molecule has 0 unspecified atom stereocenters. The van der Waals surface area contributed by atoms with E-state index in [1.807, 2.05) is 0 Å². The van der Waals surface area contributed by atoms with Crippen LogP contribution in [0.2, 0.25) is 0 Å². The summed E-state index contributed by atoms with van der Waals surface area (Å²) in [4.78, 5) is 0. The van der Waals surface area contributed by atoms with E-state index in [9.17, 15) is 0 Å². The van der Waals surface area contributed by atoms with Crippen molar-refractivity contribution in [3.8, 4) is 0 Å². The first-order valence-electron chi connectivity index (χ1n) is 0. The Bertz CT molecular complexity index is 8.49. The van der Waals surface area contributed by atoms with Gasteiger partial charge in [0.05, 0.1) is 0 Å². The summed E-state index contributed by atoms with van der Waals surface area (Å²) in [7, 11) is 0. The Morgan fingerprint density at radius 1 is 0.375 bits per heavy atom. The van der Waals surface area contributed by atoms with Crippen LogP contribution < -0.4 is 0 Å². The van der Waals surface area contributed by atoms with Crippen molar-refractivity contribution in [2.24, 2.45) is 0 Å². The molecule has 0 fully saturated rings. The van der Waals surface area contributed by atoms with Gasteiger partial charge in [-0.2, -0.15) is 0 Å².